The molecule has 0 radical (unpaired) electrons. The lowest BCUT2D eigenvalue weighted by Crippen LogP contribution is -2.20. The van der Waals surface area contributed by atoms with E-state index in [4.69, 9.17) is 0 Å². The van der Waals surface area contributed by atoms with E-state index in [0.29, 0.717) is 5.56 Å². The van der Waals surface area contributed by atoms with Crippen LogP contribution < -0.4 is 10.7 Å². The van der Waals surface area contributed by atoms with Gasteiger partial charge in [-0.15, -0.1) is 0 Å². The number of nitrogens with one attached hydrogen (secondary N) is 2. The molecular weight excluding hydrogens is 318 g/mol. The lowest BCUT2D eigenvalue weighted by Gasteiger charge is -2.08. The second-order valence-electron chi connectivity index (χ2n) is 5.75. The van der Waals surface area contributed by atoms with Crippen LogP contribution in [0.15, 0.2) is 47.6 Å². The summed E-state index contributed by atoms with van der Waals surface area (Å²) in [5.74, 6) is -0.454. The minimum atomic E-state index is -0.354. The Bertz CT molecular complexity index is 800. The minimum Gasteiger partial charge on any atom is -0.508 e. The molecule has 0 aliphatic carbocycles. The summed E-state index contributed by atoms with van der Waals surface area (Å²) in [7, 11) is 0. The van der Waals surface area contributed by atoms with E-state index in [0.717, 1.165) is 16.8 Å². The number of anilines is 1. The third kappa shape index (κ3) is 6.10. The smallest absolute Gasteiger partial charge is 0.240 e. The van der Waals surface area contributed by atoms with Gasteiger partial charge in [-0.2, -0.15) is 5.10 Å². The molecule has 0 atom stereocenters. The first-order valence-electron chi connectivity index (χ1n) is 7.92. The number of phenols is 1. The van der Waals surface area contributed by atoms with Gasteiger partial charge in [0.25, 0.3) is 0 Å². The summed E-state index contributed by atoms with van der Waals surface area (Å²) in [6.45, 7) is 3.91. The van der Waals surface area contributed by atoms with Gasteiger partial charge in [0, 0.05) is 18.5 Å². The number of hydrogen-bond acceptors (Lipinski definition) is 4. The Balaban J connectivity index is 1.76. The van der Waals surface area contributed by atoms with Crippen molar-refractivity contribution in [2.24, 2.45) is 5.10 Å². The zero-order valence-corrected chi connectivity index (χ0v) is 14.2. The molecule has 0 aromatic heterocycles. The number of phenolic OH excluding ortho intramolecular Hbond substituents is 1. The van der Waals surface area contributed by atoms with Gasteiger partial charge in [0.15, 0.2) is 0 Å². The highest BCUT2D eigenvalue weighted by atomic mass is 16.3. The molecule has 2 aromatic carbocycles. The molecule has 0 unspecified atom stereocenters. The molecule has 6 nitrogen and oxygen atoms in total. The van der Waals surface area contributed by atoms with Gasteiger partial charge in [0.2, 0.25) is 11.8 Å². The van der Waals surface area contributed by atoms with Gasteiger partial charge >= 0.3 is 0 Å². The van der Waals surface area contributed by atoms with Gasteiger partial charge in [-0.3, -0.25) is 9.59 Å². The van der Waals surface area contributed by atoms with Gasteiger partial charge in [0.1, 0.15) is 5.75 Å². The Hall–Kier alpha value is -3.15. The summed E-state index contributed by atoms with van der Waals surface area (Å²) in [5.41, 5.74) is 5.87. The van der Waals surface area contributed by atoms with Crippen LogP contribution in [-0.2, 0) is 9.59 Å². The van der Waals surface area contributed by atoms with E-state index in [-0.39, 0.29) is 30.4 Å². The molecule has 0 saturated heterocycles. The van der Waals surface area contributed by atoms with Crippen molar-refractivity contribution >= 4 is 23.7 Å². The van der Waals surface area contributed by atoms with E-state index in [9.17, 15) is 14.7 Å². The van der Waals surface area contributed by atoms with Crippen LogP contribution in [0.5, 0.6) is 5.75 Å². The Kier molecular flexibility index (Phi) is 6.28. The summed E-state index contributed by atoms with van der Waals surface area (Å²) in [6.07, 6.45) is 1.53. The molecule has 0 saturated carbocycles. The fourth-order valence-electron chi connectivity index (χ4n) is 2.23. The molecule has 0 bridgehead atoms. The van der Waals surface area contributed by atoms with E-state index >= 15 is 0 Å². The van der Waals surface area contributed by atoms with Gasteiger partial charge in [-0.1, -0.05) is 29.8 Å². The standard InChI is InChI=1S/C19H21N3O3/c1-13-6-7-17(14(2)10-13)21-18(24)8-9-19(25)22-20-12-15-4-3-5-16(23)11-15/h3-7,10-12,23H,8-9H2,1-2H3,(H,21,24)(H,22,25)/b20-12+. The Labute approximate surface area is 146 Å². The van der Waals surface area contributed by atoms with Crippen LogP contribution in [0.1, 0.15) is 29.5 Å². The first-order valence-corrected chi connectivity index (χ1v) is 7.92. The van der Waals surface area contributed by atoms with Crippen LogP contribution in [0.2, 0.25) is 0 Å². The topological polar surface area (TPSA) is 90.8 Å². The molecule has 2 amide bonds. The summed E-state index contributed by atoms with van der Waals surface area (Å²) in [5, 5.41) is 15.9. The van der Waals surface area contributed by atoms with Crippen LogP contribution in [0.25, 0.3) is 0 Å². The normalized spacial score (nSPS) is 10.6. The molecular formula is C19H21N3O3. The minimum absolute atomic E-state index is 0.0358. The Morgan fingerprint density at radius 3 is 2.56 bits per heavy atom. The number of aryl methyl sites for hydroxylation is 2. The van der Waals surface area contributed by atoms with Crippen molar-refractivity contribution in [1.82, 2.24) is 5.43 Å². The number of hydrazone groups is 1. The predicted molar refractivity (Wildman–Crippen MR) is 97.6 cm³/mol. The third-order valence-electron chi connectivity index (χ3n) is 3.51. The van der Waals surface area contributed by atoms with Crippen LogP contribution in [0, 0.1) is 13.8 Å². The van der Waals surface area contributed by atoms with Gasteiger partial charge in [0.05, 0.1) is 6.21 Å². The van der Waals surface area contributed by atoms with Gasteiger partial charge in [-0.05, 0) is 43.2 Å². The average molecular weight is 339 g/mol. The van der Waals surface area contributed by atoms with Gasteiger partial charge in [-0.25, -0.2) is 5.43 Å². The number of hydrogen-bond donors (Lipinski definition) is 3. The maximum Gasteiger partial charge on any atom is 0.240 e. The number of benzene rings is 2. The zero-order chi connectivity index (χ0) is 18.2. The highest BCUT2D eigenvalue weighted by molar-refractivity contribution is 5.94. The van der Waals surface area contributed by atoms with Crippen molar-refractivity contribution in [3.05, 3.63) is 59.2 Å². The quantitative estimate of drug-likeness (QED) is 0.558. The fraction of sp³-hybridized carbons (Fsp3) is 0.211. The first kappa shape index (κ1) is 18.2. The van der Waals surface area contributed by atoms with Crippen molar-refractivity contribution in [2.75, 3.05) is 5.32 Å². The van der Waals surface area contributed by atoms with Crippen LogP contribution >= 0.6 is 0 Å². The van der Waals surface area contributed by atoms with Crippen LogP contribution in [0.4, 0.5) is 5.69 Å². The molecule has 130 valence electrons. The summed E-state index contributed by atoms with van der Waals surface area (Å²) >= 11 is 0. The largest absolute Gasteiger partial charge is 0.508 e. The van der Waals surface area contributed by atoms with Crippen LogP contribution in [-0.4, -0.2) is 23.1 Å². The molecule has 0 fully saturated rings. The number of nitrogens with zero attached hydrogens (tertiary/aromatic N) is 1. The number of aromatic hydroxyl groups is 1. The first-order chi connectivity index (χ1) is 11.9. The number of rotatable bonds is 6. The third-order valence-corrected chi connectivity index (χ3v) is 3.51. The molecule has 0 heterocycles. The molecule has 3 N–H and O–H groups in total. The summed E-state index contributed by atoms with van der Waals surface area (Å²) in [4.78, 5) is 23.6. The molecule has 6 heteroatoms. The molecule has 25 heavy (non-hydrogen) atoms. The molecule has 0 spiro atoms. The SMILES string of the molecule is Cc1ccc(NC(=O)CCC(=O)N/N=C/c2cccc(O)c2)c(C)c1. The fourth-order valence-corrected chi connectivity index (χ4v) is 2.23. The maximum atomic E-state index is 11.9. The second-order valence-corrected chi connectivity index (χ2v) is 5.75. The van der Waals surface area contributed by atoms with Gasteiger partial charge < -0.3 is 10.4 Å². The monoisotopic (exact) mass is 339 g/mol. The predicted octanol–water partition coefficient (Wildman–Crippen LogP) is 2.88. The van der Waals surface area contributed by atoms with Crippen molar-refractivity contribution < 1.29 is 14.7 Å². The zero-order valence-electron chi connectivity index (χ0n) is 14.2. The lowest BCUT2D eigenvalue weighted by atomic mass is 10.1. The number of amides is 2. The summed E-state index contributed by atoms with van der Waals surface area (Å²) in [6, 6.07) is 12.2. The van der Waals surface area contributed by atoms with Crippen molar-refractivity contribution in [2.45, 2.75) is 26.7 Å². The number of carbonyl (C=O) groups excluding carboxylic acids is 2. The van der Waals surface area contributed by atoms with E-state index in [1.54, 1.807) is 18.2 Å². The lowest BCUT2D eigenvalue weighted by molar-refractivity contribution is -0.124. The molecule has 2 rings (SSSR count). The molecule has 0 aliphatic heterocycles. The molecule has 2 aromatic rings. The highest BCUT2D eigenvalue weighted by Gasteiger charge is 2.08. The molecule has 0 aliphatic rings. The Morgan fingerprint density at radius 1 is 1.08 bits per heavy atom. The van der Waals surface area contributed by atoms with E-state index in [1.165, 1.54) is 12.3 Å². The van der Waals surface area contributed by atoms with E-state index in [1.807, 2.05) is 32.0 Å². The summed E-state index contributed by atoms with van der Waals surface area (Å²) < 4.78 is 0. The average Bonchev–Trinajstić information content (AvgIpc) is 2.56. The number of carbonyl (C=O) groups is 2. The Morgan fingerprint density at radius 2 is 1.84 bits per heavy atom. The van der Waals surface area contributed by atoms with Crippen molar-refractivity contribution in [3.63, 3.8) is 0 Å². The van der Waals surface area contributed by atoms with E-state index < -0.39 is 0 Å². The van der Waals surface area contributed by atoms with Crippen LogP contribution in [0.3, 0.4) is 0 Å². The van der Waals surface area contributed by atoms with Crippen molar-refractivity contribution in [1.29, 1.82) is 0 Å². The highest BCUT2D eigenvalue weighted by Crippen LogP contribution is 2.16. The van der Waals surface area contributed by atoms with E-state index in [2.05, 4.69) is 15.8 Å². The van der Waals surface area contributed by atoms with Crippen molar-refractivity contribution in [3.8, 4) is 5.75 Å². The second kappa shape index (κ2) is 8.63. The maximum absolute atomic E-state index is 11.9.